The maximum Gasteiger partial charge on any atom is 0.306 e. The first-order chi connectivity index (χ1) is 19.6. The lowest BCUT2D eigenvalue weighted by molar-refractivity contribution is -0.145. The molecule has 0 aliphatic carbocycles. The van der Waals surface area contributed by atoms with Gasteiger partial charge in [-0.15, -0.1) is 10.4 Å². The Morgan fingerprint density at radius 2 is 1.85 bits per heavy atom. The SMILES string of the molecule is Cc1cccc(C2(c3ccc(S(=O)(=O)NC(=O)CCC(=O)OCCC4(SN=O)CCN(C)CC4)cc3)C=CON2)c1. The highest BCUT2D eigenvalue weighted by Crippen LogP contribution is 2.39. The van der Waals surface area contributed by atoms with E-state index >= 15 is 0 Å². The van der Waals surface area contributed by atoms with Crippen LogP contribution in [0.5, 0.6) is 0 Å². The first kappa shape index (κ1) is 30.7. The maximum atomic E-state index is 12.8. The number of carbonyl (C=O) groups is 2. The lowest BCUT2D eigenvalue weighted by atomic mass is 9.83. The predicted octanol–water partition coefficient (Wildman–Crippen LogP) is 3.68. The van der Waals surface area contributed by atoms with E-state index in [0.717, 1.165) is 54.6 Å². The van der Waals surface area contributed by atoms with Crippen LogP contribution in [0.2, 0.25) is 0 Å². The molecule has 1 atom stereocenters. The van der Waals surface area contributed by atoms with Gasteiger partial charge in [0.2, 0.25) is 5.91 Å². The van der Waals surface area contributed by atoms with Gasteiger partial charge in [-0.3, -0.25) is 9.59 Å². The molecular weight excluding hydrogens is 568 g/mol. The van der Waals surface area contributed by atoms with Crippen molar-refractivity contribution >= 4 is 33.8 Å². The van der Waals surface area contributed by atoms with Crippen molar-refractivity contribution in [3.63, 3.8) is 0 Å². The summed E-state index contributed by atoms with van der Waals surface area (Å²) in [7, 11) is -2.15. The number of piperidine rings is 1. The topological polar surface area (TPSA) is 143 Å². The Kier molecular flexibility index (Phi) is 9.84. The molecule has 0 radical (unpaired) electrons. The molecule has 41 heavy (non-hydrogen) atoms. The number of likely N-dealkylation sites (tertiary alicyclic amines) is 1. The van der Waals surface area contributed by atoms with E-state index in [1.807, 2.05) is 49.0 Å². The molecule has 11 nitrogen and oxygen atoms in total. The van der Waals surface area contributed by atoms with Crippen LogP contribution in [-0.4, -0.2) is 56.7 Å². The summed E-state index contributed by atoms with van der Waals surface area (Å²) < 4.78 is 35.6. The Balaban J connectivity index is 1.29. The van der Waals surface area contributed by atoms with Crippen LogP contribution in [0.4, 0.5) is 0 Å². The highest BCUT2D eigenvalue weighted by molar-refractivity contribution is 7.99. The molecule has 0 bridgehead atoms. The normalized spacial score (nSPS) is 20.2. The molecule has 2 aromatic carbocycles. The second kappa shape index (κ2) is 13.1. The fourth-order valence-corrected chi connectivity index (χ4v) is 6.66. The second-order valence-corrected chi connectivity index (χ2v) is 13.3. The number of sulfonamides is 1. The fraction of sp³-hybridized carbons (Fsp3) is 0.429. The molecule has 0 saturated carbocycles. The number of nitrogens with one attached hydrogen (secondary N) is 2. The van der Waals surface area contributed by atoms with Gasteiger partial charge in [-0.25, -0.2) is 13.1 Å². The molecule has 0 aromatic heterocycles. The van der Waals surface area contributed by atoms with E-state index in [4.69, 9.17) is 9.57 Å². The highest BCUT2D eigenvalue weighted by atomic mass is 32.2. The molecule has 4 rings (SSSR count). The first-order valence-corrected chi connectivity index (χ1v) is 15.5. The zero-order valence-electron chi connectivity index (χ0n) is 23.0. The number of nitrogens with zero attached hydrogens (tertiary/aromatic N) is 2. The van der Waals surface area contributed by atoms with E-state index < -0.39 is 27.4 Å². The predicted molar refractivity (Wildman–Crippen MR) is 155 cm³/mol. The van der Waals surface area contributed by atoms with Crippen LogP contribution >= 0.6 is 11.9 Å². The van der Waals surface area contributed by atoms with Crippen molar-refractivity contribution in [2.45, 2.75) is 54.2 Å². The minimum absolute atomic E-state index is 0.0934. The van der Waals surface area contributed by atoms with Crippen molar-refractivity contribution in [3.8, 4) is 0 Å². The average molecular weight is 603 g/mol. The summed E-state index contributed by atoms with van der Waals surface area (Å²) in [6.07, 6.45) is 4.75. The van der Waals surface area contributed by atoms with Crippen molar-refractivity contribution < 1.29 is 27.6 Å². The third-order valence-electron chi connectivity index (χ3n) is 7.45. The fourth-order valence-electron chi connectivity index (χ4n) is 4.95. The summed E-state index contributed by atoms with van der Waals surface area (Å²) in [6.45, 7) is 3.72. The molecule has 0 spiro atoms. The van der Waals surface area contributed by atoms with Crippen LogP contribution in [0.25, 0.3) is 0 Å². The highest BCUT2D eigenvalue weighted by Gasteiger charge is 2.37. The summed E-state index contributed by atoms with van der Waals surface area (Å²) in [5.74, 6) is -1.43. The third kappa shape index (κ3) is 7.53. The Morgan fingerprint density at radius 1 is 1.12 bits per heavy atom. The van der Waals surface area contributed by atoms with Gasteiger partial charge in [0.05, 0.1) is 17.9 Å². The van der Waals surface area contributed by atoms with Crippen LogP contribution in [0.3, 0.4) is 0 Å². The Labute approximate surface area is 244 Å². The van der Waals surface area contributed by atoms with E-state index in [2.05, 4.69) is 15.0 Å². The number of esters is 1. The quantitative estimate of drug-likeness (QED) is 0.210. The summed E-state index contributed by atoms with van der Waals surface area (Å²) in [5, 5.41) is 0. The minimum Gasteiger partial charge on any atom is -0.466 e. The number of benzene rings is 2. The zero-order chi connectivity index (χ0) is 29.5. The van der Waals surface area contributed by atoms with Crippen molar-refractivity contribution in [1.82, 2.24) is 15.1 Å². The third-order valence-corrected chi connectivity index (χ3v) is 9.92. The number of hydroxylamine groups is 1. The van der Waals surface area contributed by atoms with Gasteiger partial charge in [0.15, 0.2) is 0 Å². The van der Waals surface area contributed by atoms with Crippen molar-refractivity contribution in [3.05, 3.63) is 82.5 Å². The summed E-state index contributed by atoms with van der Waals surface area (Å²) in [5.41, 5.74) is 4.92. The standard InChI is InChI=1S/C28H34N4O7S2/c1-21-4-3-5-23(20-21)28(15-19-39-30-28)22-6-8-24(9-7-22)41(36,37)29-25(33)10-11-26(34)38-18-14-27(40-31-35)12-16-32(2)17-13-27/h3-9,15,19-20,30H,10-14,16-18H2,1-2H3,(H,29,33). The Hall–Kier alpha value is -3.26. The van der Waals surface area contributed by atoms with Gasteiger partial charge in [0.25, 0.3) is 10.0 Å². The number of hydrogen-bond acceptors (Lipinski definition) is 11. The summed E-state index contributed by atoms with van der Waals surface area (Å²) >= 11 is 0.990. The number of amides is 1. The zero-order valence-corrected chi connectivity index (χ0v) is 24.6. The molecule has 2 aliphatic rings. The van der Waals surface area contributed by atoms with Crippen molar-refractivity contribution in [2.75, 3.05) is 26.7 Å². The van der Waals surface area contributed by atoms with Crippen LogP contribution in [0.15, 0.2) is 70.3 Å². The Morgan fingerprint density at radius 3 is 2.49 bits per heavy atom. The molecule has 2 heterocycles. The molecule has 1 fully saturated rings. The van der Waals surface area contributed by atoms with E-state index in [-0.39, 0.29) is 29.1 Å². The van der Waals surface area contributed by atoms with Crippen LogP contribution in [-0.2, 0) is 34.7 Å². The number of rotatable bonds is 12. The van der Waals surface area contributed by atoms with Crippen LogP contribution in [0.1, 0.15) is 48.8 Å². The van der Waals surface area contributed by atoms with Gasteiger partial charge in [-0.05, 0) is 75.7 Å². The number of ether oxygens (including phenoxy) is 1. The van der Waals surface area contributed by atoms with E-state index in [1.165, 1.54) is 18.4 Å². The second-order valence-electron chi connectivity index (χ2n) is 10.4. The lowest BCUT2D eigenvalue weighted by Gasteiger charge is -2.37. The van der Waals surface area contributed by atoms with Crippen LogP contribution in [0, 0.1) is 11.8 Å². The molecule has 13 heteroatoms. The van der Waals surface area contributed by atoms with Gasteiger partial charge in [0.1, 0.15) is 11.8 Å². The Bertz CT molecular complexity index is 1390. The van der Waals surface area contributed by atoms with Gasteiger partial charge in [-0.1, -0.05) is 42.0 Å². The summed E-state index contributed by atoms with van der Waals surface area (Å²) in [4.78, 5) is 42.9. The van der Waals surface area contributed by atoms with E-state index in [0.29, 0.717) is 6.42 Å². The molecule has 220 valence electrons. The maximum absolute atomic E-state index is 12.8. The van der Waals surface area contributed by atoms with E-state index in [1.54, 1.807) is 12.1 Å². The van der Waals surface area contributed by atoms with Gasteiger partial charge >= 0.3 is 5.97 Å². The lowest BCUT2D eigenvalue weighted by Crippen LogP contribution is -2.41. The molecular formula is C28H34N4O7S2. The minimum atomic E-state index is -4.16. The van der Waals surface area contributed by atoms with Crippen molar-refractivity contribution in [2.24, 2.45) is 4.58 Å². The number of nitroso groups, excluding NO2 is 1. The van der Waals surface area contributed by atoms with Crippen molar-refractivity contribution in [1.29, 1.82) is 0 Å². The number of aryl methyl sites for hydroxylation is 1. The first-order valence-electron chi connectivity index (χ1n) is 13.3. The molecule has 1 unspecified atom stereocenters. The smallest absolute Gasteiger partial charge is 0.306 e. The largest absolute Gasteiger partial charge is 0.466 e. The molecule has 1 saturated heterocycles. The average Bonchev–Trinajstić information content (AvgIpc) is 3.45. The van der Waals surface area contributed by atoms with Gasteiger partial charge in [-0.2, -0.15) is 0 Å². The van der Waals surface area contributed by atoms with Gasteiger partial charge < -0.3 is 14.5 Å². The summed E-state index contributed by atoms with van der Waals surface area (Å²) in [6, 6.07) is 14.0. The number of hydrogen-bond donors (Lipinski definition) is 2. The molecule has 2 N–H and O–H groups in total. The van der Waals surface area contributed by atoms with Crippen LogP contribution < -0.4 is 10.2 Å². The molecule has 2 aromatic rings. The molecule has 1 amide bonds. The molecule has 2 aliphatic heterocycles. The van der Waals surface area contributed by atoms with E-state index in [9.17, 15) is 22.9 Å². The van der Waals surface area contributed by atoms with Gasteiger partial charge in [0, 0.05) is 27.7 Å². The number of carbonyl (C=O) groups excluding carboxylic acids is 2. The monoisotopic (exact) mass is 602 g/mol.